The van der Waals surface area contributed by atoms with Crippen molar-refractivity contribution in [2.75, 3.05) is 7.05 Å². The van der Waals surface area contributed by atoms with Crippen LogP contribution in [0, 0.1) is 0 Å². The van der Waals surface area contributed by atoms with Gasteiger partial charge in [0.15, 0.2) is 0 Å². The van der Waals surface area contributed by atoms with Gasteiger partial charge in [-0.3, -0.25) is 9.59 Å². The van der Waals surface area contributed by atoms with Gasteiger partial charge in [-0.25, -0.2) is 0 Å². The number of hydrogen-bond acceptors (Lipinski definition) is 2. The number of carbonyl (C=O) groups excluding carboxylic acids is 1. The summed E-state index contributed by atoms with van der Waals surface area (Å²) in [6.45, 7) is 0. The van der Waals surface area contributed by atoms with E-state index in [1.54, 1.807) is 18.0 Å². The Hall–Kier alpha value is -1.84. The summed E-state index contributed by atoms with van der Waals surface area (Å²) >= 11 is 0. The summed E-state index contributed by atoms with van der Waals surface area (Å²) in [5, 5.41) is 8.67. The predicted molar refractivity (Wildman–Crippen MR) is 58.1 cm³/mol. The van der Waals surface area contributed by atoms with E-state index in [4.69, 9.17) is 5.11 Å². The van der Waals surface area contributed by atoms with Crippen molar-refractivity contribution in [2.45, 2.75) is 18.9 Å². The molecule has 0 spiro atoms. The molecule has 1 aliphatic rings. The van der Waals surface area contributed by atoms with E-state index in [1.165, 1.54) is 0 Å². The maximum absolute atomic E-state index is 11.8. The Bertz CT molecular complexity index is 442. The second-order valence-electron chi connectivity index (χ2n) is 3.95. The average Bonchev–Trinajstić information content (AvgIpc) is 2.50. The van der Waals surface area contributed by atoms with Gasteiger partial charge in [0.2, 0.25) is 0 Å². The van der Waals surface area contributed by atoms with Crippen LogP contribution in [0.15, 0.2) is 24.3 Å². The fourth-order valence-corrected chi connectivity index (χ4v) is 2.13. The first-order valence-corrected chi connectivity index (χ1v) is 5.19. The Morgan fingerprint density at radius 2 is 2.12 bits per heavy atom. The molecular weight excluding hydrogens is 206 g/mol. The minimum absolute atomic E-state index is 0.0222. The van der Waals surface area contributed by atoms with Crippen LogP contribution in [-0.4, -0.2) is 28.9 Å². The van der Waals surface area contributed by atoms with Crippen LogP contribution in [-0.2, 0) is 4.79 Å². The molecule has 0 saturated carbocycles. The molecule has 4 nitrogen and oxygen atoms in total. The van der Waals surface area contributed by atoms with Gasteiger partial charge >= 0.3 is 5.97 Å². The lowest BCUT2D eigenvalue weighted by atomic mass is 10.0. The van der Waals surface area contributed by atoms with Gasteiger partial charge < -0.3 is 10.0 Å². The minimum atomic E-state index is -0.828. The molecule has 0 fully saturated rings. The van der Waals surface area contributed by atoms with Crippen LogP contribution >= 0.6 is 0 Å². The highest BCUT2D eigenvalue weighted by Gasteiger charge is 2.33. The molecule has 1 aliphatic heterocycles. The number of carbonyl (C=O) groups is 2. The normalized spacial score (nSPS) is 18.7. The smallest absolute Gasteiger partial charge is 0.303 e. The molecule has 0 bridgehead atoms. The van der Waals surface area contributed by atoms with Crippen molar-refractivity contribution in [3.8, 4) is 0 Å². The molecule has 1 atom stereocenters. The quantitative estimate of drug-likeness (QED) is 0.841. The lowest BCUT2D eigenvalue weighted by Gasteiger charge is -2.19. The zero-order valence-electron chi connectivity index (χ0n) is 9.01. The van der Waals surface area contributed by atoms with Crippen molar-refractivity contribution in [2.24, 2.45) is 0 Å². The van der Waals surface area contributed by atoms with Crippen molar-refractivity contribution >= 4 is 11.9 Å². The molecular formula is C12H13NO3. The number of hydrogen-bond donors (Lipinski definition) is 1. The average molecular weight is 219 g/mol. The molecule has 2 rings (SSSR count). The van der Waals surface area contributed by atoms with E-state index in [0.29, 0.717) is 12.0 Å². The number of fused-ring (bicyclic) bond motifs is 1. The molecule has 0 radical (unpaired) electrons. The SMILES string of the molecule is CN1C(=O)c2ccccc2C1CCC(=O)O. The highest BCUT2D eigenvalue weighted by atomic mass is 16.4. The van der Waals surface area contributed by atoms with E-state index in [0.717, 1.165) is 5.56 Å². The van der Waals surface area contributed by atoms with Gasteiger partial charge in [0.1, 0.15) is 0 Å². The molecule has 1 unspecified atom stereocenters. The topological polar surface area (TPSA) is 57.6 Å². The van der Waals surface area contributed by atoms with Crippen molar-refractivity contribution in [1.82, 2.24) is 4.90 Å². The first kappa shape index (κ1) is 10.7. The van der Waals surface area contributed by atoms with Crippen LogP contribution in [0.1, 0.15) is 34.8 Å². The molecule has 1 N–H and O–H groups in total. The van der Waals surface area contributed by atoms with E-state index in [9.17, 15) is 9.59 Å². The molecule has 1 aromatic carbocycles. The zero-order chi connectivity index (χ0) is 11.7. The van der Waals surface area contributed by atoms with E-state index in [-0.39, 0.29) is 18.4 Å². The lowest BCUT2D eigenvalue weighted by molar-refractivity contribution is -0.137. The highest BCUT2D eigenvalue weighted by molar-refractivity contribution is 5.99. The molecule has 0 saturated heterocycles. The molecule has 84 valence electrons. The molecule has 1 aromatic rings. The third-order valence-corrected chi connectivity index (χ3v) is 2.97. The molecule has 4 heteroatoms. The van der Waals surface area contributed by atoms with Crippen LogP contribution in [0.5, 0.6) is 0 Å². The summed E-state index contributed by atoms with van der Waals surface area (Å²) in [5.74, 6) is -0.851. The van der Waals surface area contributed by atoms with Crippen molar-refractivity contribution in [3.63, 3.8) is 0 Å². The fourth-order valence-electron chi connectivity index (χ4n) is 2.13. The van der Waals surface area contributed by atoms with Gasteiger partial charge in [-0.05, 0) is 18.1 Å². The summed E-state index contributed by atoms with van der Waals surface area (Å²) in [4.78, 5) is 24.0. The largest absolute Gasteiger partial charge is 0.481 e. The molecule has 16 heavy (non-hydrogen) atoms. The molecule has 0 aromatic heterocycles. The predicted octanol–water partition coefficient (Wildman–Crippen LogP) is 1.68. The Labute approximate surface area is 93.5 Å². The standard InChI is InChI=1S/C12H13NO3/c1-13-10(6-7-11(14)15)8-4-2-3-5-9(8)12(13)16/h2-5,10H,6-7H2,1H3,(H,14,15). The van der Waals surface area contributed by atoms with Crippen molar-refractivity contribution in [3.05, 3.63) is 35.4 Å². The number of aliphatic carboxylic acids is 1. The third-order valence-electron chi connectivity index (χ3n) is 2.97. The molecule has 1 amide bonds. The third kappa shape index (κ3) is 1.66. The van der Waals surface area contributed by atoms with Gasteiger partial charge in [-0.2, -0.15) is 0 Å². The molecule has 0 aliphatic carbocycles. The number of benzene rings is 1. The minimum Gasteiger partial charge on any atom is -0.481 e. The van der Waals surface area contributed by atoms with Crippen molar-refractivity contribution in [1.29, 1.82) is 0 Å². The summed E-state index contributed by atoms with van der Waals surface area (Å²) < 4.78 is 0. The maximum atomic E-state index is 11.8. The second kappa shape index (κ2) is 3.96. The van der Waals surface area contributed by atoms with Crippen molar-refractivity contribution < 1.29 is 14.7 Å². The second-order valence-corrected chi connectivity index (χ2v) is 3.95. The van der Waals surface area contributed by atoms with E-state index in [1.807, 2.05) is 18.2 Å². The van der Waals surface area contributed by atoms with Gasteiger partial charge in [-0.15, -0.1) is 0 Å². The monoisotopic (exact) mass is 219 g/mol. The van der Waals surface area contributed by atoms with Gasteiger partial charge in [-0.1, -0.05) is 18.2 Å². The van der Waals surface area contributed by atoms with Crippen LogP contribution < -0.4 is 0 Å². The van der Waals surface area contributed by atoms with E-state index in [2.05, 4.69) is 0 Å². The summed E-state index contributed by atoms with van der Waals surface area (Å²) in [5.41, 5.74) is 1.64. The number of carboxylic acids is 1. The van der Waals surface area contributed by atoms with E-state index < -0.39 is 5.97 Å². The Morgan fingerprint density at radius 1 is 1.44 bits per heavy atom. The summed E-state index contributed by atoms with van der Waals surface area (Å²) in [6.07, 6.45) is 0.547. The van der Waals surface area contributed by atoms with Crippen LogP contribution in [0.2, 0.25) is 0 Å². The Balaban J connectivity index is 2.26. The summed E-state index contributed by atoms with van der Waals surface area (Å²) in [7, 11) is 1.72. The first-order valence-electron chi connectivity index (χ1n) is 5.19. The Kier molecular flexibility index (Phi) is 2.64. The van der Waals surface area contributed by atoms with Crippen LogP contribution in [0.25, 0.3) is 0 Å². The number of carboxylic acid groups (broad SMARTS) is 1. The lowest BCUT2D eigenvalue weighted by Crippen LogP contribution is -2.23. The van der Waals surface area contributed by atoms with E-state index >= 15 is 0 Å². The van der Waals surface area contributed by atoms with Gasteiger partial charge in [0, 0.05) is 19.0 Å². The zero-order valence-corrected chi connectivity index (χ0v) is 9.01. The van der Waals surface area contributed by atoms with Crippen LogP contribution in [0.3, 0.4) is 0 Å². The Morgan fingerprint density at radius 3 is 2.81 bits per heavy atom. The number of amides is 1. The van der Waals surface area contributed by atoms with Crippen LogP contribution in [0.4, 0.5) is 0 Å². The summed E-state index contributed by atoms with van der Waals surface area (Å²) in [6, 6.07) is 7.28. The highest BCUT2D eigenvalue weighted by Crippen LogP contribution is 2.34. The number of rotatable bonds is 3. The molecule has 1 heterocycles. The first-order chi connectivity index (χ1) is 7.61. The maximum Gasteiger partial charge on any atom is 0.303 e. The van der Waals surface area contributed by atoms with Gasteiger partial charge in [0.25, 0.3) is 5.91 Å². The number of nitrogens with zero attached hydrogens (tertiary/aromatic N) is 1. The van der Waals surface area contributed by atoms with Gasteiger partial charge in [0.05, 0.1) is 6.04 Å². The fraction of sp³-hybridized carbons (Fsp3) is 0.333.